The first-order valence-electron chi connectivity index (χ1n) is 4.12. The Labute approximate surface area is 80.4 Å². The van der Waals surface area contributed by atoms with Crippen LogP contribution in [-0.2, 0) is 11.2 Å². The van der Waals surface area contributed by atoms with Crippen molar-refractivity contribution in [2.75, 3.05) is 13.6 Å². The molecule has 4 nitrogen and oxygen atoms in total. The van der Waals surface area contributed by atoms with Crippen molar-refractivity contribution in [1.82, 2.24) is 9.88 Å². The van der Waals surface area contributed by atoms with Crippen LogP contribution in [0.2, 0.25) is 0 Å². The van der Waals surface area contributed by atoms with Crippen LogP contribution in [0, 0.1) is 0 Å². The molecule has 5 heteroatoms. The molecule has 0 radical (unpaired) electrons. The van der Waals surface area contributed by atoms with Crippen molar-refractivity contribution >= 4 is 17.2 Å². The molecule has 70 valence electrons. The molecule has 0 saturated carbocycles. The Kier molecular flexibility index (Phi) is 2.05. The highest BCUT2D eigenvalue weighted by Crippen LogP contribution is 2.30. The number of carbonyl (C=O) groups excluding carboxylic acids is 1. The fourth-order valence-electron chi connectivity index (χ4n) is 1.65. The van der Waals surface area contributed by atoms with E-state index in [0.29, 0.717) is 0 Å². The first kappa shape index (κ1) is 8.65. The maximum atomic E-state index is 11.2. The van der Waals surface area contributed by atoms with E-state index >= 15 is 0 Å². The van der Waals surface area contributed by atoms with Gasteiger partial charge in [-0.25, -0.2) is 4.98 Å². The average molecular weight is 197 g/mol. The van der Waals surface area contributed by atoms with E-state index in [1.807, 2.05) is 11.9 Å². The number of fused-ring (bicyclic) bond motifs is 1. The monoisotopic (exact) mass is 197 g/mol. The Morgan fingerprint density at radius 1 is 1.85 bits per heavy atom. The van der Waals surface area contributed by atoms with Gasteiger partial charge in [0.25, 0.3) is 0 Å². The van der Waals surface area contributed by atoms with E-state index in [4.69, 9.17) is 5.73 Å². The molecule has 13 heavy (non-hydrogen) atoms. The van der Waals surface area contributed by atoms with Crippen molar-refractivity contribution in [2.24, 2.45) is 5.73 Å². The number of carbonyl (C=O) groups is 1. The van der Waals surface area contributed by atoms with Crippen molar-refractivity contribution in [3.05, 3.63) is 16.1 Å². The van der Waals surface area contributed by atoms with Crippen molar-refractivity contribution in [2.45, 2.75) is 12.5 Å². The van der Waals surface area contributed by atoms with E-state index in [1.54, 1.807) is 5.51 Å². The second-order valence-electron chi connectivity index (χ2n) is 3.20. The summed E-state index contributed by atoms with van der Waals surface area (Å²) in [6, 6.07) is -0.267. The summed E-state index contributed by atoms with van der Waals surface area (Å²) in [6.07, 6.45) is 0.916. The van der Waals surface area contributed by atoms with Crippen molar-refractivity contribution in [1.29, 1.82) is 0 Å². The lowest BCUT2D eigenvalue weighted by Gasteiger charge is -2.28. The lowest BCUT2D eigenvalue weighted by atomic mass is 10.1. The second-order valence-corrected chi connectivity index (χ2v) is 4.09. The topological polar surface area (TPSA) is 59.2 Å². The summed E-state index contributed by atoms with van der Waals surface area (Å²) in [7, 11) is 1.91. The molecule has 1 aliphatic heterocycles. The van der Waals surface area contributed by atoms with Gasteiger partial charge in [-0.2, -0.15) is 0 Å². The van der Waals surface area contributed by atoms with Gasteiger partial charge in [0.15, 0.2) is 0 Å². The van der Waals surface area contributed by atoms with Gasteiger partial charge in [0.2, 0.25) is 5.91 Å². The number of rotatable bonds is 1. The summed E-state index contributed by atoms with van der Waals surface area (Å²) >= 11 is 1.51. The summed E-state index contributed by atoms with van der Waals surface area (Å²) in [5, 5.41) is 0. The molecule has 1 aromatic rings. The minimum Gasteiger partial charge on any atom is -0.368 e. The molecule has 1 atom stereocenters. The number of aromatic nitrogens is 1. The van der Waals surface area contributed by atoms with Crippen LogP contribution in [0.3, 0.4) is 0 Å². The summed E-state index contributed by atoms with van der Waals surface area (Å²) < 4.78 is 0. The first-order valence-corrected chi connectivity index (χ1v) is 5.00. The van der Waals surface area contributed by atoms with Gasteiger partial charge in [0.1, 0.15) is 6.04 Å². The third kappa shape index (κ3) is 1.34. The number of nitrogens with zero attached hydrogens (tertiary/aromatic N) is 2. The third-order valence-electron chi connectivity index (χ3n) is 2.33. The Morgan fingerprint density at radius 3 is 3.31 bits per heavy atom. The predicted molar refractivity (Wildman–Crippen MR) is 50.4 cm³/mol. The van der Waals surface area contributed by atoms with E-state index in [0.717, 1.165) is 23.5 Å². The standard InChI is InChI=1S/C8H11N3OS/c1-11-3-2-5-7(13-4-10-5)6(11)8(9)12/h4,6H,2-3H2,1H3,(H2,9,12). The van der Waals surface area contributed by atoms with Gasteiger partial charge in [-0.05, 0) is 7.05 Å². The minimum absolute atomic E-state index is 0.267. The van der Waals surface area contributed by atoms with Crippen LogP contribution < -0.4 is 5.73 Å². The average Bonchev–Trinajstić information content (AvgIpc) is 2.50. The maximum Gasteiger partial charge on any atom is 0.240 e. The van der Waals surface area contributed by atoms with E-state index in [2.05, 4.69) is 4.98 Å². The van der Waals surface area contributed by atoms with Crippen LogP contribution in [0.5, 0.6) is 0 Å². The molecule has 2 rings (SSSR count). The Hall–Kier alpha value is -0.940. The highest BCUT2D eigenvalue weighted by atomic mass is 32.1. The predicted octanol–water partition coefficient (Wildman–Crippen LogP) is 0.157. The number of thiazole rings is 1. The van der Waals surface area contributed by atoms with Gasteiger partial charge in [-0.1, -0.05) is 0 Å². The van der Waals surface area contributed by atoms with Gasteiger partial charge in [0, 0.05) is 13.0 Å². The summed E-state index contributed by atoms with van der Waals surface area (Å²) in [6.45, 7) is 0.852. The fourth-order valence-corrected chi connectivity index (χ4v) is 2.66. The molecule has 0 fully saturated rings. The second kappa shape index (κ2) is 3.08. The molecule has 0 saturated heterocycles. The largest absolute Gasteiger partial charge is 0.368 e. The summed E-state index contributed by atoms with van der Waals surface area (Å²) in [4.78, 5) is 18.4. The quantitative estimate of drug-likeness (QED) is 0.697. The molecular weight excluding hydrogens is 186 g/mol. The third-order valence-corrected chi connectivity index (χ3v) is 3.26. The van der Waals surface area contributed by atoms with Gasteiger partial charge in [0.05, 0.1) is 16.1 Å². The Bertz CT molecular complexity index is 336. The van der Waals surface area contributed by atoms with Gasteiger partial charge in [-0.3, -0.25) is 9.69 Å². The molecule has 0 spiro atoms. The van der Waals surface area contributed by atoms with E-state index in [-0.39, 0.29) is 11.9 Å². The van der Waals surface area contributed by atoms with E-state index in [1.165, 1.54) is 11.3 Å². The molecule has 1 unspecified atom stereocenters. The van der Waals surface area contributed by atoms with Crippen LogP contribution >= 0.6 is 11.3 Å². The van der Waals surface area contributed by atoms with Crippen LogP contribution in [0.25, 0.3) is 0 Å². The highest BCUT2D eigenvalue weighted by molar-refractivity contribution is 7.10. The van der Waals surface area contributed by atoms with E-state index < -0.39 is 0 Å². The SMILES string of the molecule is CN1CCc2ncsc2C1C(N)=O. The number of primary amides is 1. The molecule has 0 aliphatic carbocycles. The zero-order chi connectivity index (χ0) is 9.42. The molecule has 1 aromatic heterocycles. The summed E-state index contributed by atoms with van der Waals surface area (Å²) in [5.74, 6) is -0.285. The number of nitrogens with two attached hydrogens (primary N) is 1. The minimum atomic E-state index is -0.285. The Balaban J connectivity index is 2.41. The number of hydrogen-bond acceptors (Lipinski definition) is 4. The molecule has 1 amide bonds. The van der Waals surface area contributed by atoms with Crippen molar-refractivity contribution in [3.63, 3.8) is 0 Å². The zero-order valence-corrected chi connectivity index (χ0v) is 8.17. The van der Waals surface area contributed by atoms with Crippen LogP contribution in [0.15, 0.2) is 5.51 Å². The number of likely N-dealkylation sites (N-methyl/N-ethyl adjacent to an activating group) is 1. The van der Waals surface area contributed by atoms with Crippen LogP contribution in [-0.4, -0.2) is 29.4 Å². The first-order chi connectivity index (χ1) is 6.20. The maximum absolute atomic E-state index is 11.2. The van der Waals surface area contributed by atoms with E-state index in [9.17, 15) is 4.79 Å². The lowest BCUT2D eigenvalue weighted by Crippen LogP contribution is -2.39. The van der Waals surface area contributed by atoms with Gasteiger partial charge < -0.3 is 5.73 Å². The molecule has 0 bridgehead atoms. The Morgan fingerprint density at radius 2 is 2.62 bits per heavy atom. The molecular formula is C8H11N3OS. The van der Waals surface area contributed by atoms with Crippen molar-refractivity contribution in [3.8, 4) is 0 Å². The highest BCUT2D eigenvalue weighted by Gasteiger charge is 2.30. The van der Waals surface area contributed by atoms with Gasteiger partial charge in [-0.15, -0.1) is 11.3 Å². The molecule has 0 aromatic carbocycles. The molecule has 2 N–H and O–H groups in total. The molecule has 2 heterocycles. The lowest BCUT2D eigenvalue weighted by molar-refractivity contribution is -0.123. The summed E-state index contributed by atoms with van der Waals surface area (Å²) in [5.41, 5.74) is 8.14. The normalized spacial score (nSPS) is 22.7. The van der Waals surface area contributed by atoms with Crippen molar-refractivity contribution < 1.29 is 4.79 Å². The fraction of sp³-hybridized carbons (Fsp3) is 0.500. The van der Waals surface area contributed by atoms with Gasteiger partial charge >= 0.3 is 0 Å². The van der Waals surface area contributed by atoms with Crippen LogP contribution in [0.1, 0.15) is 16.6 Å². The molecule has 1 aliphatic rings. The number of amides is 1. The smallest absolute Gasteiger partial charge is 0.240 e. The number of hydrogen-bond donors (Lipinski definition) is 1. The van der Waals surface area contributed by atoms with Crippen LogP contribution in [0.4, 0.5) is 0 Å². The zero-order valence-electron chi connectivity index (χ0n) is 7.36.